The molecule has 1 fully saturated rings. The van der Waals surface area contributed by atoms with Gasteiger partial charge in [0.25, 0.3) is 0 Å². The molecule has 1 aliphatic rings. The highest BCUT2D eigenvalue weighted by Gasteiger charge is 2.45. The SMILES string of the molecule is CN[C@H]1[C@H](O)[C@@H](O)[C@@H](OC(=O)[C@@H](N)[C@@H](O)[C@@H](N)[C@H](O)CO)O[C@@H]1C. The van der Waals surface area contributed by atoms with Crippen LogP contribution in [0, 0.1) is 0 Å². The molecule has 0 aliphatic carbocycles. The molecule has 11 nitrogen and oxygen atoms in total. The predicted molar refractivity (Wildman–Crippen MR) is 80.3 cm³/mol. The molecule has 11 heteroatoms. The molecule has 0 spiro atoms. The first-order valence-corrected chi connectivity index (χ1v) is 7.53. The van der Waals surface area contributed by atoms with Crippen molar-refractivity contribution in [1.29, 1.82) is 0 Å². The molecule has 10 N–H and O–H groups in total. The standard InChI is InChI=1S/C13H27N3O8/c1-4-8(16-2)10(20)11(21)13(23-4)24-12(22)7(15)9(19)6(14)5(18)3-17/h4-11,13,16-21H,3,14-15H2,1-2H3/t4-,5-,6+,7+,8-,9+,10+,11-,13-/m1/s1. The van der Waals surface area contributed by atoms with E-state index in [-0.39, 0.29) is 0 Å². The Hall–Kier alpha value is -0.890. The van der Waals surface area contributed by atoms with Crippen LogP contribution in [0.2, 0.25) is 0 Å². The number of aliphatic hydroxyl groups excluding tert-OH is 5. The van der Waals surface area contributed by atoms with Gasteiger partial charge in [-0.05, 0) is 14.0 Å². The van der Waals surface area contributed by atoms with Gasteiger partial charge in [0.2, 0.25) is 6.29 Å². The summed E-state index contributed by atoms with van der Waals surface area (Å²) in [6.07, 6.45) is -8.02. The number of hydrogen-bond donors (Lipinski definition) is 8. The van der Waals surface area contributed by atoms with Crippen molar-refractivity contribution < 1.29 is 39.8 Å². The summed E-state index contributed by atoms with van der Waals surface area (Å²) in [6.45, 7) is 0.888. The number of hydrogen-bond acceptors (Lipinski definition) is 11. The normalized spacial score (nSPS) is 35.8. The Labute approximate surface area is 139 Å². The highest BCUT2D eigenvalue weighted by Crippen LogP contribution is 2.22. The minimum Gasteiger partial charge on any atom is -0.431 e. The van der Waals surface area contributed by atoms with Crippen molar-refractivity contribution in [2.75, 3.05) is 13.7 Å². The number of rotatable bonds is 7. The number of carbonyl (C=O) groups excluding carboxylic acids is 1. The van der Waals surface area contributed by atoms with Crippen LogP contribution in [0.1, 0.15) is 6.92 Å². The summed E-state index contributed by atoms with van der Waals surface area (Å²) in [7, 11) is 1.58. The fraction of sp³-hybridized carbons (Fsp3) is 0.923. The van der Waals surface area contributed by atoms with Crippen LogP contribution >= 0.6 is 0 Å². The van der Waals surface area contributed by atoms with Crippen LogP contribution in [0.4, 0.5) is 0 Å². The van der Waals surface area contributed by atoms with E-state index in [1.807, 2.05) is 0 Å². The van der Waals surface area contributed by atoms with E-state index in [9.17, 15) is 25.2 Å². The molecule has 1 saturated heterocycles. The average molecular weight is 353 g/mol. The van der Waals surface area contributed by atoms with Crippen molar-refractivity contribution >= 4 is 5.97 Å². The molecule has 0 bridgehead atoms. The first kappa shape index (κ1) is 21.2. The summed E-state index contributed by atoms with van der Waals surface area (Å²) >= 11 is 0. The summed E-state index contributed by atoms with van der Waals surface area (Å²) in [5, 5.41) is 50.7. The van der Waals surface area contributed by atoms with Gasteiger partial charge >= 0.3 is 5.97 Å². The molecule has 0 unspecified atom stereocenters. The summed E-state index contributed by atoms with van der Waals surface area (Å²) in [6, 6.07) is -3.60. The van der Waals surface area contributed by atoms with Crippen molar-refractivity contribution in [1.82, 2.24) is 5.32 Å². The van der Waals surface area contributed by atoms with E-state index in [0.29, 0.717) is 0 Å². The van der Waals surface area contributed by atoms with Crippen LogP contribution in [0.25, 0.3) is 0 Å². The van der Waals surface area contributed by atoms with Gasteiger partial charge in [-0.2, -0.15) is 0 Å². The molecule has 0 saturated carbocycles. The molecule has 0 amide bonds. The minimum absolute atomic E-state index is 0.567. The molecule has 24 heavy (non-hydrogen) atoms. The number of ether oxygens (including phenoxy) is 2. The number of nitrogens with two attached hydrogens (primary N) is 2. The second-order valence-corrected chi connectivity index (χ2v) is 5.79. The fourth-order valence-electron chi connectivity index (χ4n) is 2.45. The lowest BCUT2D eigenvalue weighted by atomic mass is 9.97. The molecule has 142 valence electrons. The predicted octanol–water partition coefficient (Wildman–Crippen LogP) is -5.05. The van der Waals surface area contributed by atoms with Gasteiger partial charge in [-0.3, -0.25) is 4.79 Å². The largest absolute Gasteiger partial charge is 0.431 e. The van der Waals surface area contributed by atoms with E-state index in [1.54, 1.807) is 14.0 Å². The summed E-state index contributed by atoms with van der Waals surface area (Å²) in [5.74, 6) is -1.14. The van der Waals surface area contributed by atoms with E-state index in [1.165, 1.54) is 0 Å². The van der Waals surface area contributed by atoms with Crippen LogP contribution in [-0.4, -0.2) is 100 Å². The monoisotopic (exact) mass is 353 g/mol. The highest BCUT2D eigenvalue weighted by atomic mass is 16.7. The van der Waals surface area contributed by atoms with E-state index < -0.39 is 67.5 Å². The minimum atomic E-state index is -1.70. The Morgan fingerprint density at radius 3 is 2.38 bits per heavy atom. The zero-order valence-electron chi connectivity index (χ0n) is 13.5. The zero-order valence-corrected chi connectivity index (χ0v) is 13.5. The van der Waals surface area contributed by atoms with Gasteiger partial charge in [0, 0.05) is 0 Å². The van der Waals surface area contributed by atoms with Crippen molar-refractivity contribution in [2.24, 2.45) is 11.5 Å². The molecule has 1 aliphatic heterocycles. The number of nitrogens with one attached hydrogen (secondary N) is 1. The average Bonchev–Trinajstić information content (AvgIpc) is 2.56. The van der Waals surface area contributed by atoms with E-state index in [4.69, 9.17) is 26.0 Å². The Bertz CT molecular complexity index is 415. The second kappa shape index (κ2) is 8.99. The number of aliphatic hydroxyl groups is 5. The third kappa shape index (κ3) is 4.59. The van der Waals surface area contributed by atoms with E-state index in [2.05, 4.69) is 5.32 Å². The van der Waals surface area contributed by atoms with Crippen LogP contribution in [0.5, 0.6) is 0 Å². The van der Waals surface area contributed by atoms with Crippen LogP contribution in [-0.2, 0) is 14.3 Å². The molecule has 9 atom stereocenters. The van der Waals surface area contributed by atoms with Gasteiger partial charge in [-0.15, -0.1) is 0 Å². The molecule has 1 heterocycles. The van der Waals surface area contributed by atoms with Gasteiger partial charge < -0.3 is 51.8 Å². The lowest BCUT2D eigenvalue weighted by Gasteiger charge is -2.41. The van der Waals surface area contributed by atoms with Crippen molar-refractivity contribution in [3.8, 4) is 0 Å². The summed E-state index contributed by atoms with van der Waals surface area (Å²) < 4.78 is 10.2. The van der Waals surface area contributed by atoms with E-state index in [0.717, 1.165) is 0 Å². The van der Waals surface area contributed by atoms with E-state index >= 15 is 0 Å². The molecule has 0 radical (unpaired) electrons. The van der Waals surface area contributed by atoms with Gasteiger partial charge in [0.1, 0.15) is 18.2 Å². The van der Waals surface area contributed by atoms with Gasteiger partial charge in [0.15, 0.2) is 0 Å². The Balaban J connectivity index is 2.69. The molecular weight excluding hydrogens is 326 g/mol. The first-order valence-electron chi connectivity index (χ1n) is 7.53. The Morgan fingerprint density at radius 1 is 1.29 bits per heavy atom. The molecule has 0 aromatic rings. The smallest absolute Gasteiger partial charge is 0.328 e. The third-order valence-corrected chi connectivity index (χ3v) is 4.08. The fourth-order valence-corrected chi connectivity index (χ4v) is 2.45. The van der Waals surface area contributed by atoms with Gasteiger partial charge in [-0.1, -0.05) is 0 Å². The van der Waals surface area contributed by atoms with Crippen LogP contribution in [0.3, 0.4) is 0 Å². The zero-order chi connectivity index (χ0) is 18.6. The number of esters is 1. The van der Waals surface area contributed by atoms with Crippen LogP contribution < -0.4 is 16.8 Å². The molecule has 1 rings (SSSR count). The lowest BCUT2D eigenvalue weighted by Crippen LogP contribution is -2.63. The van der Waals surface area contributed by atoms with Crippen molar-refractivity contribution in [2.45, 2.75) is 61.9 Å². The topological polar surface area (TPSA) is 201 Å². The maximum absolute atomic E-state index is 12.0. The highest BCUT2D eigenvalue weighted by molar-refractivity contribution is 5.76. The third-order valence-electron chi connectivity index (χ3n) is 4.08. The Morgan fingerprint density at radius 2 is 1.88 bits per heavy atom. The number of likely N-dealkylation sites (N-methyl/N-ethyl adjacent to an activating group) is 1. The summed E-state index contributed by atoms with van der Waals surface area (Å²) in [4.78, 5) is 12.0. The second-order valence-electron chi connectivity index (χ2n) is 5.79. The van der Waals surface area contributed by atoms with Crippen molar-refractivity contribution in [3.05, 3.63) is 0 Å². The molecular formula is C13H27N3O8. The summed E-state index contributed by atoms with van der Waals surface area (Å²) in [5.41, 5.74) is 11.0. The van der Waals surface area contributed by atoms with Crippen LogP contribution in [0.15, 0.2) is 0 Å². The maximum Gasteiger partial charge on any atom is 0.328 e. The molecule has 0 aromatic heterocycles. The van der Waals surface area contributed by atoms with Gasteiger partial charge in [-0.25, -0.2) is 0 Å². The lowest BCUT2D eigenvalue weighted by molar-refractivity contribution is -0.265. The quantitative estimate of drug-likeness (QED) is 0.204. The number of carbonyl (C=O) groups is 1. The van der Waals surface area contributed by atoms with Crippen molar-refractivity contribution in [3.63, 3.8) is 0 Å². The maximum atomic E-state index is 12.0. The first-order chi connectivity index (χ1) is 11.1. The molecule has 0 aromatic carbocycles. The Kier molecular flexibility index (Phi) is 7.92. The van der Waals surface area contributed by atoms with Gasteiger partial charge in [0.05, 0.1) is 37.0 Å².